The van der Waals surface area contributed by atoms with Crippen LogP contribution in [0.2, 0.25) is 0 Å². The number of carbonyl (C=O) groups is 1. The highest BCUT2D eigenvalue weighted by Crippen LogP contribution is 2.22. The van der Waals surface area contributed by atoms with E-state index >= 15 is 0 Å². The van der Waals surface area contributed by atoms with Crippen LogP contribution in [0.3, 0.4) is 0 Å². The second-order valence-electron chi connectivity index (χ2n) is 3.99. The molecule has 0 saturated carbocycles. The van der Waals surface area contributed by atoms with E-state index in [1.54, 1.807) is 0 Å². The largest absolute Gasteiger partial charge is 0.292 e. The Morgan fingerprint density at radius 1 is 1.44 bits per heavy atom. The summed E-state index contributed by atoms with van der Waals surface area (Å²) in [5, 5.41) is 0. The summed E-state index contributed by atoms with van der Waals surface area (Å²) in [5.41, 5.74) is 0.312. The lowest BCUT2D eigenvalue weighted by Gasteiger charge is -2.04. The molecule has 0 radical (unpaired) electrons. The Morgan fingerprint density at radius 2 is 2.25 bits per heavy atom. The molecule has 0 aromatic carbocycles. The number of Topliss-reactive ketones (excluding diaryl/α,β-unsaturated/α-hetero) is 1. The van der Waals surface area contributed by atoms with Crippen LogP contribution in [-0.2, 0) is 9.84 Å². The summed E-state index contributed by atoms with van der Waals surface area (Å²) in [6, 6.07) is 0. The molecular formula is C10H12N2O3S. The summed E-state index contributed by atoms with van der Waals surface area (Å²) in [6.07, 6.45) is 5.19. The standard InChI is InChI=1S/C10H12N2O3S/c13-10(9-6-11-2-3-12-9)5-8-1-4-16(14,15)7-8/h2-3,6,8H,1,4-5,7H2. The Bertz CT molecular complexity index is 484. The normalized spacial score (nSPS) is 23.1. The first-order chi connectivity index (χ1) is 7.57. The Morgan fingerprint density at radius 3 is 2.81 bits per heavy atom. The van der Waals surface area contributed by atoms with Crippen molar-refractivity contribution < 1.29 is 13.2 Å². The first-order valence-corrected chi connectivity index (χ1v) is 6.88. The molecule has 2 rings (SSSR count). The number of sulfone groups is 1. The molecule has 1 unspecified atom stereocenters. The van der Waals surface area contributed by atoms with E-state index in [1.807, 2.05) is 0 Å². The molecule has 86 valence electrons. The van der Waals surface area contributed by atoms with E-state index in [0.29, 0.717) is 12.1 Å². The van der Waals surface area contributed by atoms with Crippen LogP contribution in [0.25, 0.3) is 0 Å². The van der Waals surface area contributed by atoms with Crippen molar-refractivity contribution in [1.82, 2.24) is 9.97 Å². The van der Waals surface area contributed by atoms with E-state index in [9.17, 15) is 13.2 Å². The van der Waals surface area contributed by atoms with Crippen LogP contribution in [0.4, 0.5) is 0 Å². The van der Waals surface area contributed by atoms with E-state index in [2.05, 4.69) is 9.97 Å². The fourth-order valence-corrected chi connectivity index (χ4v) is 3.70. The zero-order valence-corrected chi connectivity index (χ0v) is 9.48. The maximum absolute atomic E-state index is 11.7. The number of hydrogen-bond acceptors (Lipinski definition) is 5. The summed E-state index contributed by atoms with van der Waals surface area (Å²) < 4.78 is 22.4. The van der Waals surface area contributed by atoms with Crippen molar-refractivity contribution >= 4 is 15.6 Å². The molecule has 1 aromatic heterocycles. The predicted molar refractivity (Wildman–Crippen MR) is 57.7 cm³/mol. The molecule has 1 aromatic rings. The molecule has 1 fully saturated rings. The van der Waals surface area contributed by atoms with Crippen molar-refractivity contribution in [3.63, 3.8) is 0 Å². The Kier molecular flexibility index (Phi) is 3.00. The van der Waals surface area contributed by atoms with Crippen LogP contribution in [0.1, 0.15) is 23.3 Å². The average molecular weight is 240 g/mol. The highest BCUT2D eigenvalue weighted by atomic mass is 32.2. The lowest BCUT2D eigenvalue weighted by atomic mass is 10.0. The van der Waals surface area contributed by atoms with Gasteiger partial charge in [0, 0.05) is 18.8 Å². The fraction of sp³-hybridized carbons (Fsp3) is 0.500. The monoisotopic (exact) mass is 240 g/mol. The molecule has 5 nitrogen and oxygen atoms in total. The van der Waals surface area contributed by atoms with Crippen molar-refractivity contribution in [2.75, 3.05) is 11.5 Å². The lowest BCUT2D eigenvalue weighted by molar-refractivity contribution is 0.0960. The van der Waals surface area contributed by atoms with Gasteiger partial charge in [-0.15, -0.1) is 0 Å². The molecular weight excluding hydrogens is 228 g/mol. The molecule has 6 heteroatoms. The Balaban J connectivity index is 1.99. The first kappa shape index (κ1) is 11.2. The average Bonchev–Trinajstić information content (AvgIpc) is 2.59. The third kappa shape index (κ3) is 2.63. The van der Waals surface area contributed by atoms with Gasteiger partial charge in [0.05, 0.1) is 17.7 Å². The number of ketones is 1. The first-order valence-electron chi connectivity index (χ1n) is 5.06. The SMILES string of the molecule is O=C(CC1CCS(=O)(=O)C1)c1cnccn1. The lowest BCUT2D eigenvalue weighted by Crippen LogP contribution is -2.11. The molecule has 1 aliphatic heterocycles. The van der Waals surface area contributed by atoms with Gasteiger partial charge in [-0.3, -0.25) is 9.78 Å². The smallest absolute Gasteiger partial charge is 0.183 e. The molecule has 1 aliphatic rings. The van der Waals surface area contributed by atoms with Gasteiger partial charge in [0.1, 0.15) is 5.69 Å². The summed E-state index contributed by atoms with van der Waals surface area (Å²) >= 11 is 0. The van der Waals surface area contributed by atoms with Gasteiger partial charge >= 0.3 is 0 Å². The number of nitrogens with zero attached hydrogens (tertiary/aromatic N) is 2. The van der Waals surface area contributed by atoms with Gasteiger partial charge in [-0.2, -0.15) is 0 Å². The Labute approximate surface area is 93.8 Å². The predicted octanol–water partition coefficient (Wildman–Crippen LogP) is 0.484. The highest BCUT2D eigenvalue weighted by molar-refractivity contribution is 7.91. The van der Waals surface area contributed by atoms with E-state index < -0.39 is 9.84 Å². The summed E-state index contributed by atoms with van der Waals surface area (Å²) in [4.78, 5) is 19.4. The molecule has 16 heavy (non-hydrogen) atoms. The Hall–Kier alpha value is -1.30. The number of aromatic nitrogens is 2. The molecule has 2 heterocycles. The van der Waals surface area contributed by atoms with Crippen molar-refractivity contribution in [1.29, 1.82) is 0 Å². The second-order valence-corrected chi connectivity index (χ2v) is 6.22. The van der Waals surface area contributed by atoms with Crippen LogP contribution in [-0.4, -0.2) is 35.7 Å². The van der Waals surface area contributed by atoms with Gasteiger partial charge in [0.15, 0.2) is 15.6 Å². The van der Waals surface area contributed by atoms with Crippen LogP contribution in [0, 0.1) is 5.92 Å². The fourth-order valence-electron chi connectivity index (χ4n) is 1.84. The third-order valence-electron chi connectivity index (χ3n) is 2.65. The van der Waals surface area contributed by atoms with Crippen molar-refractivity contribution in [3.05, 3.63) is 24.3 Å². The van der Waals surface area contributed by atoms with Crippen molar-refractivity contribution in [3.8, 4) is 0 Å². The van der Waals surface area contributed by atoms with Crippen LogP contribution >= 0.6 is 0 Å². The number of hydrogen-bond donors (Lipinski definition) is 0. The molecule has 0 aliphatic carbocycles. The molecule has 0 bridgehead atoms. The van der Waals surface area contributed by atoms with E-state index in [0.717, 1.165) is 0 Å². The summed E-state index contributed by atoms with van der Waals surface area (Å²) in [6.45, 7) is 0. The second kappa shape index (κ2) is 4.29. The van der Waals surface area contributed by atoms with Gasteiger partial charge in [-0.1, -0.05) is 0 Å². The molecule has 1 atom stereocenters. The van der Waals surface area contributed by atoms with Gasteiger partial charge in [-0.05, 0) is 12.3 Å². The van der Waals surface area contributed by atoms with Crippen molar-refractivity contribution in [2.45, 2.75) is 12.8 Å². The van der Waals surface area contributed by atoms with Gasteiger partial charge < -0.3 is 0 Å². The zero-order chi connectivity index (χ0) is 11.6. The van der Waals surface area contributed by atoms with Gasteiger partial charge in [0.2, 0.25) is 0 Å². The number of rotatable bonds is 3. The molecule has 0 N–H and O–H groups in total. The molecule has 0 spiro atoms. The van der Waals surface area contributed by atoms with Crippen LogP contribution < -0.4 is 0 Å². The minimum atomic E-state index is -2.91. The van der Waals surface area contributed by atoms with Crippen LogP contribution in [0.15, 0.2) is 18.6 Å². The molecule has 0 amide bonds. The maximum Gasteiger partial charge on any atom is 0.183 e. The van der Waals surface area contributed by atoms with Crippen LogP contribution in [0.5, 0.6) is 0 Å². The van der Waals surface area contributed by atoms with Gasteiger partial charge in [-0.25, -0.2) is 13.4 Å². The highest BCUT2D eigenvalue weighted by Gasteiger charge is 2.29. The third-order valence-corrected chi connectivity index (χ3v) is 4.49. The molecule has 1 saturated heterocycles. The zero-order valence-electron chi connectivity index (χ0n) is 8.67. The van der Waals surface area contributed by atoms with Crippen molar-refractivity contribution in [2.24, 2.45) is 5.92 Å². The van der Waals surface area contributed by atoms with E-state index in [4.69, 9.17) is 0 Å². The topological polar surface area (TPSA) is 77.0 Å². The van der Waals surface area contributed by atoms with E-state index in [1.165, 1.54) is 18.6 Å². The summed E-state index contributed by atoms with van der Waals surface area (Å²) in [7, 11) is -2.91. The summed E-state index contributed by atoms with van der Waals surface area (Å²) in [5.74, 6) is 0.138. The minimum absolute atomic E-state index is 0.0560. The number of carbonyl (C=O) groups excluding carboxylic acids is 1. The minimum Gasteiger partial charge on any atom is -0.292 e. The van der Waals surface area contributed by atoms with E-state index in [-0.39, 0.29) is 29.6 Å². The quantitative estimate of drug-likeness (QED) is 0.718. The van der Waals surface area contributed by atoms with Gasteiger partial charge in [0.25, 0.3) is 0 Å². The maximum atomic E-state index is 11.7.